The normalized spacial score (nSPS) is 15.6. The topological polar surface area (TPSA) is 63.1 Å². The van der Waals surface area contributed by atoms with Gasteiger partial charge in [-0.1, -0.05) is 12.1 Å². The summed E-state index contributed by atoms with van der Waals surface area (Å²) in [6.45, 7) is 4.57. The molecule has 4 rings (SSSR count). The van der Waals surface area contributed by atoms with Gasteiger partial charge in [-0.15, -0.1) is 0 Å². The number of amides is 2. The Bertz CT molecular complexity index is 1080. The molecule has 1 aliphatic heterocycles. The third-order valence-corrected chi connectivity index (χ3v) is 5.45. The highest BCUT2D eigenvalue weighted by Crippen LogP contribution is 2.36. The number of nitrogens with zero attached hydrogens (tertiary/aromatic N) is 4. The number of alkyl halides is 3. The standard InChI is InChI=1S/C21H22F3N5O/c1-13-5-6-14(2)17(12-13)27-20(30)28-10-7-15(8-11-28)29-18-16(4-3-9-25-18)26-19(29)21(22,23)24/h3-6,9,12,15H,7-8,10-11H2,1-2H3,(H,27,30). The van der Waals surface area contributed by atoms with Gasteiger partial charge in [-0.3, -0.25) is 0 Å². The summed E-state index contributed by atoms with van der Waals surface area (Å²) in [5.74, 6) is -0.936. The first-order valence-electron chi connectivity index (χ1n) is 9.77. The van der Waals surface area contributed by atoms with Crippen molar-refractivity contribution < 1.29 is 18.0 Å². The molecule has 1 aromatic carbocycles. The van der Waals surface area contributed by atoms with Crippen molar-refractivity contribution in [3.63, 3.8) is 0 Å². The fourth-order valence-corrected chi connectivity index (χ4v) is 3.87. The molecule has 0 radical (unpaired) electrons. The lowest BCUT2D eigenvalue weighted by Gasteiger charge is -2.33. The fraction of sp³-hybridized carbons (Fsp3) is 0.381. The molecule has 158 valence electrons. The van der Waals surface area contributed by atoms with Crippen LogP contribution in [0.25, 0.3) is 11.2 Å². The third kappa shape index (κ3) is 3.83. The van der Waals surface area contributed by atoms with E-state index >= 15 is 0 Å². The number of halogens is 3. The number of likely N-dealkylation sites (tertiary alicyclic amines) is 1. The molecule has 9 heteroatoms. The van der Waals surface area contributed by atoms with E-state index in [-0.39, 0.29) is 17.2 Å². The van der Waals surface area contributed by atoms with E-state index in [1.54, 1.807) is 11.0 Å². The Hall–Kier alpha value is -3.10. The maximum Gasteiger partial charge on any atom is 0.449 e. The van der Waals surface area contributed by atoms with Crippen molar-refractivity contribution in [2.75, 3.05) is 18.4 Å². The number of rotatable bonds is 2. The fourth-order valence-electron chi connectivity index (χ4n) is 3.87. The first-order chi connectivity index (χ1) is 14.2. The molecule has 0 aliphatic carbocycles. The molecule has 1 saturated heterocycles. The number of piperidine rings is 1. The van der Waals surface area contributed by atoms with Crippen molar-refractivity contribution >= 4 is 22.9 Å². The Morgan fingerprint density at radius 3 is 2.60 bits per heavy atom. The van der Waals surface area contributed by atoms with Gasteiger partial charge in [0, 0.05) is 31.0 Å². The number of urea groups is 1. The SMILES string of the molecule is Cc1ccc(C)c(NC(=O)N2CCC(n3c(C(F)(F)F)nc4cccnc43)CC2)c1. The molecule has 30 heavy (non-hydrogen) atoms. The molecule has 1 N–H and O–H groups in total. The average Bonchev–Trinajstić information content (AvgIpc) is 3.11. The molecule has 3 aromatic rings. The van der Waals surface area contributed by atoms with Crippen LogP contribution in [0.2, 0.25) is 0 Å². The Morgan fingerprint density at radius 2 is 1.90 bits per heavy atom. The lowest BCUT2D eigenvalue weighted by molar-refractivity contribution is -0.147. The minimum atomic E-state index is -4.57. The van der Waals surface area contributed by atoms with E-state index in [2.05, 4.69) is 15.3 Å². The Morgan fingerprint density at radius 1 is 1.17 bits per heavy atom. The smallest absolute Gasteiger partial charge is 0.324 e. The van der Waals surface area contributed by atoms with Crippen LogP contribution in [-0.2, 0) is 6.18 Å². The average molecular weight is 417 g/mol. The van der Waals surface area contributed by atoms with E-state index in [4.69, 9.17) is 0 Å². The number of carbonyl (C=O) groups is 1. The van der Waals surface area contributed by atoms with Gasteiger partial charge in [0.05, 0.1) is 0 Å². The van der Waals surface area contributed by atoms with Crippen LogP contribution in [0, 0.1) is 13.8 Å². The number of imidazole rings is 1. The van der Waals surface area contributed by atoms with Crippen molar-refractivity contribution in [2.24, 2.45) is 0 Å². The zero-order chi connectivity index (χ0) is 21.5. The van der Waals surface area contributed by atoms with Gasteiger partial charge in [0.2, 0.25) is 5.82 Å². The van der Waals surface area contributed by atoms with Crippen LogP contribution in [0.15, 0.2) is 36.5 Å². The zero-order valence-corrected chi connectivity index (χ0v) is 16.7. The Balaban J connectivity index is 1.51. The largest absolute Gasteiger partial charge is 0.449 e. The molecular weight excluding hydrogens is 395 g/mol. The van der Waals surface area contributed by atoms with Crippen LogP contribution in [0.5, 0.6) is 0 Å². The highest BCUT2D eigenvalue weighted by atomic mass is 19.4. The lowest BCUT2D eigenvalue weighted by Crippen LogP contribution is -2.42. The molecule has 0 bridgehead atoms. The quantitative estimate of drug-likeness (QED) is 0.643. The summed E-state index contributed by atoms with van der Waals surface area (Å²) in [6, 6.07) is 8.24. The van der Waals surface area contributed by atoms with Crippen molar-refractivity contribution in [1.82, 2.24) is 19.4 Å². The molecule has 0 unspecified atom stereocenters. The van der Waals surface area contributed by atoms with Gasteiger partial charge in [0.25, 0.3) is 0 Å². The van der Waals surface area contributed by atoms with Crippen LogP contribution >= 0.6 is 0 Å². The van der Waals surface area contributed by atoms with E-state index in [0.717, 1.165) is 16.8 Å². The van der Waals surface area contributed by atoms with Crippen molar-refractivity contribution in [1.29, 1.82) is 0 Å². The second kappa shape index (κ2) is 7.62. The number of fused-ring (bicyclic) bond motifs is 1. The summed E-state index contributed by atoms with van der Waals surface area (Å²) in [7, 11) is 0. The van der Waals surface area contributed by atoms with Gasteiger partial charge in [-0.25, -0.2) is 14.8 Å². The predicted octanol–water partition coefficient (Wildman–Crippen LogP) is 4.94. The van der Waals surface area contributed by atoms with Crippen molar-refractivity contribution in [3.8, 4) is 0 Å². The molecule has 6 nitrogen and oxygen atoms in total. The predicted molar refractivity (Wildman–Crippen MR) is 107 cm³/mol. The molecule has 1 fully saturated rings. The number of benzene rings is 1. The van der Waals surface area contributed by atoms with Gasteiger partial charge < -0.3 is 14.8 Å². The molecule has 2 amide bonds. The summed E-state index contributed by atoms with van der Waals surface area (Å²) in [5, 5.41) is 2.91. The number of hydrogen-bond donors (Lipinski definition) is 1. The summed E-state index contributed by atoms with van der Waals surface area (Å²) in [6.07, 6.45) is -2.32. The molecule has 3 heterocycles. The van der Waals surface area contributed by atoms with E-state index in [1.165, 1.54) is 16.8 Å². The number of pyridine rings is 1. The highest BCUT2D eigenvalue weighted by molar-refractivity contribution is 5.90. The second-order valence-corrected chi connectivity index (χ2v) is 7.62. The minimum absolute atomic E-state index is 0.222. The van der Waals surface area contributed by atoms with E-state index in [0.29, 0.717) is 25.9 Å². The number of anilines is 1. The van der Waals surface area contributed by atoms with E-state index < -0.39 is 18.0 Å². The summed E-state index contributed by atoms with van der Waals surface area (Å²) in [5.41, 5.74) is 3.18. The van der Waals surface area contributed by atoms with E-state index in [9.17, 15) is 18.0 Å². The van der Waals surface area contributed by atoms with Crippen LogP contribution in [0.4, 0.5) is 23.7 Å². The first-order valence-corrected chi connectivity index (χ1v) is 9.77. The van der Waals surface area contributed by atoms with Crippen molar-refractivity contribution in [3.05, 3.63) is 53.5 Å². The number of aryl methyl sites for hydroxylation is 2. The van der Waals surface area contributed by atoms with Crippen LogP contribution < -0.4 is 5.32 Å². The second-order valence-electron chi connectivity index (χ2n) is 7.62. The van der Waals surface area contributed by atoms with Gasteiger partial charge in [0.15, 0.2) is 5.65 Å². The van der Waals surface area contributed by atoms with Gasteiger partial charge >= 0.3 is 12.2 Å². The van der Waals surface area contributed by atoms with Gasteiger partial charge in [0.1, 0.15) is 5.52 Å². The number of carbonyl (C=O) groups excluding carboxylic acids is 1. The van der Waals surface area contributed by atoms with Gasteiger partial charge in [-0.2, -0.15) is 13.2 Å². The third-order valence-electron chi connectivity index (χ3n) is 5.45. The Kier molecular flexibility index (Phi) is 5.13. The monoisotopic (exact) mass is 417 g/mol. The van der Waals surface area contributed by atoms with E-state index in [1.807, 2.05) is 32.0 Å². The van der Waals surface area contributed by atoms with Crippen LogP contribution in [0.3, 0.4) is 0 Å². The zero-order valence-electron chi connectivity index (χ0n) is 16.7. The molecule has 0 saturated carbocycles. The number of hydrogen-bond acceptors (Lipinski definition) is 3. The lowest BCUT2D eigenvalue weighted by atomic mass is 10.0. The number of nitrogens with one attached hydrogen (secondary N) is 1. The summed E-state index contributed by atoms with van der Waals surface area (Å²) >= 11 is 0. The molecular formula is C21H22F3N5O. The Labute approximate surface area is 171 Å². The maximum atomic E-state index is 13.6. The highest BCUT2D eigenvalue weighted by Gasteiger charge is 2.40. The molecule has 1 aliphatic rings. The molecule has 2 aromatic heterocycles. The van der Waals surface area contributed by atoms with Gasteiger partial charge in [-0.05, 0) is 56.0 Å². The van der Waals surface area contributed by atoms with Crippen LogP contribution in [-0.4, -0.2) is 38.6 Å². The minimum Gasteiger partial charge on any atom is -0.324 e. The molecule has 0 atom stereocenters. The number of aromatic nitrogens is 3. The van der Waals surface area contributed by atoms with Crippen LogP contribution in [0.1, 0.15) is 35.8 Å². The summed E-state index contributed by atoms with van der Waals surface area (Å²) in [4.78, 5) is 22.2. The summed E-state index contributed by atoms with van der Waals surface area (Å²) < 4.78 is 41.9. The van der Waals surface area contributed by atoms with Crippen molar-refractivity contribution in [2.45, 2.75) is 38.9 Å². The first kappa shape index (κ1) is 20.2. The maximum absolute atomic E-state index is 13.6. The molecule has 0 spiro atoms.